The maximum atomic E-state index is 5.40. The summed E-state index contributed by atoms with van der Waals surface area (Å²) in [6.45, 7) is 6.37. The van der Waals surface area contributed by atoms with Crippen molar-refractivity contribution in [1.82, 2.24) is 24.9 Å². The lowest BCUT2D eigenvalue weighted by Gasteiger charge is -2.09. The number of hydrogen-bond donors (Lipinski definition) is 0. The number of hydrogen-bond acceptors (Lipinski definition) is 6. The standard InChI is InChI=1S/C18H21N5OS/c1-11(2)16-20-21-18(23(16)14-8-9-14)25-10-15-19-17(24-22-15)13-6-4-12(3)5-7-13/h4-7,11,14H,8-10H2,1-3H3. The average Bonchev–Trinajstić information content (AvgIpc) is 3.17. The number of nitrogens with zero attached hydrogens (tertiary/aromatic N) is 5. The van der Waals surface area contributed by atoms with E-state index in [1.807, 2.05) is 24.3 Å². The quantitative estimate of drug-likeness (QED) is 0.611. The van der Waals surface area contributed by atoms with Gasteiger partial charge < -0.3 is 9.09 Å². The van der Waals surface area contributed by atoms with Gasteiger partial charge in [0.1, 0.15) is 5.82 Å². The van der Waals surface area contributed by atoms with Crippen molar-refractivity contribution in [2.45, 2.75) is 56.5 Å². The molecule has 0 aliphatic heterocycles. The summed E-state index contributed by atoms with van der Waals surface area (Å²) >= 11 is 1.62. The Kier molecular flexibility index (Phi) is 4.33. The van der Waals surface area contributed by atoms with Crippen molar-refractivity contribution >= 4 is 11.8 Å². The van der Waals surface area contributed by atoms with Crippen molar-refractivity contribution < 1.29 is 4.52 Å². The first-order chi connectivity index (χ1) is 12.1. The molecule has 2 aromatic heterocycles. The Labute approximate surface area is 151 Å². The molecular weight excluding hydrogens is 334 g/mol. The van der Waals surface area contributed by atoms with Gasteiger partial charge in [-0.2, -0.15) is 4.98 Å². The van der Waals surface area contributed by atoms with E-state index >= 15 is 0 Å². The molecule has 0 amide bonds. The van der Waals surface area contributed by atoms with Gasteiger partial charge in [0.15, 0.2) is 11.0 Å². The van der Waals surface area contributed by atoms with Crippen molar-refractivity contribution in [3.63, 3.8) is 0 Å². The van der Waals surface area contributed by atoms with Gasteiger partial charge >= 0.3 is 0 Å². The van der Waals surface area contributed by atoms with E-state index in [1.54, 1.807) is 11.8 Å². The van der Waals surface area contributed by atoms with Crippen LogP contribution >= 0.6 is 11.8 Å². The molecule has 25 heavy (non-hydrogen) atoms. The predicted octanol–water partition coefficient (Wildman–Crippen LogP) is 4.39. The first-order valence-electron chi connectivity index (χ1n) is 8.59. The Bertz CT molecular complexity index is 864. The van der Waals surface area contributed by atoms with Crippen molar-refractivity contribution in [1.29, 1.82) is 0 Å². The van der Waals surface area contributed by atoms with Gasteiger partial charge in [-0.05, 0) is 31.9 Å². The summed E-state index contributed by atoms with van der Waals surface area (Å²) in [6, 6.07) is 8.64. The summed E-state index contributed by atoms with van der Waals surface area (Å²) in [6.07, 6.45) is 2.43. The molecule has 4 rings (SSSR count). The lowest BCUT2D eigenvalue weighted by molar-refractivity contribution is 0.425. The van der Waals surface area contributed by atoms with Crippen LogP contribution in [0.3, 0.4) is 0 Å². The number of benzene rings is 1. The molecule has 2 heterocycles. The average molecular weight is 355 g/mol. The maximum absolute atomic E-state index is 5.40. The molecule has 7 heteroatoms. The third-order valence-corrected chi connectivity index (χ3v) is 5.16. The van der Waals surface area contributed by atoms with Crippen LogP contribution < -0.4 is 0 Å². The van der Waals surface area contributed by atoms with Gasteiger partial charge in [-0.25, -0.2) is 0 Å². The lowest BCUT2D eigenvalue weighted by atomic mass is 10.1. The van der Waals surface area contributed by atoms with Crippen LogP contribution in [-0.4, -0.2) is 24.9 Å². The maximum Gasteiger partial charge on any atom is 0.257 e. The van der Waals surface area contributed by atoms with Crippen LogP contribution in [-0.2, 0) is 5.75 Å². The molecule has 6 nitrogen and oxygen atoms in total. The fraction of sp³-hybridized carbons (Fsp3) is 0.444. The summed E-state index contributed by atoms with van der Waals surface area (Å²) < 4.78 is 7.68. The van der Waals surface area contributed by atoms with Gasteiger partial charge in [0.2, 0.25) is 0 Å². The smallest absolute Gasteiger partial charge is 0.257 e. The first kappa shape index (κ1) is 16.3. The van der Waals surface area contributed by atoms with Gasteiger partial charge in [0, 0.05) is 17.5 Å². The van der Waals surface area contributed by atoms with Crippen LogP contribution in [0.5, 0.6) is 0 Å². The molecule has 1 fully saturated rings. The van der Waals surface area contributed by atoms with E-state index in [9.17, 15) is 0 Å². The predicted molar refractivity (Wildman–Crippen MR) is 96.4 cm³/mol. The van der Waals surface area contributed by atoms with E-state index in [2.05, 4.69) is 45.7 Å². The lowest BCUT2D eigenvalue weighted by Crippen LogP contribution is -2.04. The highest BCUT2D eigenvalue weighted by atomic mass is 32.2. The van der Waals surface area contributed by atoms with Crippen LogP contribution in [0.4, 0.5) is 0 Å². The molecule has 130 valence electrons. The van der Waals surface area contributed by atoms with Gasteiger partial charge in [-0.1, -0.05) is 48.5 Å². The molecule has 0 bridgehead atoms. The molecule has 0 unspecified atom stereocenters. The van der Waals surface area contributed by atoms with E-state index in [4.69, 9.17) is 4.52 Å². The molecular formula is C18H21N5OS. The zero-order valence-corrected chi connectivity index (χ0v) is 15.5. The fourth-order valence-electron chi connectivity index (χ4n) is 2.71. The third-order valence-electron chi connectivity index (χ3n) is 4.22. The van der Waals surface area contributed by atoms with Crippen molar-refractivity contribution in [2.75, 3.05) is 0 Å². The molecule has 1 aliphatic carbocycles. The SMILES string of the molecule is Cc1ccc(-c2nc(CSc3nnc(C(C)C)n3C3CC3)no2)cc1. The molecule has 0 saturated heterocycles. The van der Waals surface area contributed by atoms with Gasteiger partial charge in [0.25, 0.3) is 5.89 Å². The van der Waals surface area contributed by atoms with Crippen molar-refractivity contribution in [3.05, 3.63) is 41.5 Å². The molecule has 1 aliphatic rings. The van der Waals surface area contributed by atoms with Crippen LogP contribution in [0.2, 0.25) is 0 Å². The summed E-state index contributed by atoms with van der Waals surface area (Å²) in [5, 5.41) is 13.8. The highest BCUT2D eigenvalue weighted by Gasteiger charge is 2.30. The second-order valence-electron chi connectivity index (χ2n) is 6.77. The Hall–Kier alpha value is -2.15. The highest BCUT2D eigenvalue weighted by molar-refractivity contribution is 7.98. The summed E-state index contributed by atoms with van der Waals surface area (Å²) in [5.74, 6) is 3.30. The van der Waals surface area contributed by atoms with Crippen molar-refractivity contribution in [2.24, 2.45) is 0 Å². The topological polar surface area (TPSA) is 69.6 Å². The highest BCUT2D eigenvalue weighted by Crippen LogP contribution is 2.40. The minimum Gasteiger partial charge on any atom is -0.334 e. The number of rotatable bonds is 6. The fourth-order valence-corrected chi connectivity index (χ4v) is 3.57. The minimum atomic E-state index is 0.376. The Morgan fingerprint density at radius 2 is 1.96 bits per heavy atom. The molecule has 0 radical (unpaired) electrons. The number of aryl methyl sites for hydroxylation is 1. The minimum absolute atomic E-state index is 0.376. The largest absolute Gasteiger partial charge is 0.334 e. The van der Waals surface area contributed by atoms with Crippen LogP contribution in [0.15, 0.2) is 33.9 Å². The van der Waals surface area contributed by atoms with Crippen LogP contribution in [0, 0.1) is 6.92 Å². The van der Waals surface area contributed by atoms with E-state index in [1.165, 1.54) is 18.4 Å². The number of aromatic nitrogens is 5. The molecule has 1 saturated carbocycles. The molecule has 0 N–H and O–H groups in total. The van der Waals surface area contributed by atoms with Gasteiger partial charge in [-0.15, -0.1) is 10.2 Å². The number of thioether (sulfide) groups is 1. The van der Waals surface area contributed by atoms with Crippen LogP contribution in [0.25, 0.3) is 11.5 Å². The van der Waals surface area contributed by atoms with E-state index in [0.717, 1.165) is 16.5 Å². The zero-order chi connectivity index (χ0) is 17.4. The zero-order valence-electron chi connectivity index (χ0n) is 14.6. The van der Waals surface area contributed by atoms with E-state index in [-0.39, 0.29) is 0 Å². The Balaban J connectivity index is 1.48. The molecule has 1 aromatic carbocycles. The Morgan fingerprint density at radius 1 is 1.20 bits per heavy atom. The monoisotopic (exact) mass is 355 g/mol. The van der Waals surface area contributed by atoms with Gasteiger partial charge in [0.05, 0.1) is 5.75 Å². The second kappa shape index (κ2) is 6.63. The van der Waals surface area contributed by atoms with E-state index in [0.29, 0.717) is 29.4 Å². The summed E-state index contributed by atoms with van der Waals surface area (Å²) in [7, 11) is 0. The molecule has 0 atom stereocenters. The summed E-state index contributed by atoms with van der Waals surface area (Å²) in [4.78, 5) is 4.50. The second-order valence-corrected chi connectivity index (χ2v) is 7.71. The normalized spacial score (nSPS) is 14.4. The Morgan fingerprint density at radius 3 is 2.64 bits per heavy atom. The first-order valence-corrected chi connectivity index (χ1v) is 9.57. The third kappa shape index (κ3) is 3.46. The van der Waals surface area contributed by atoms with Crippen LogP contribution in [0.1, 0.15) is 55.9 Å². The van der Waals surface area contributed by atoms with E-state index < -0.39 is 0 Å². The van der Waals surface area contributed by atoms with Crippen molar-refractivity contribution in [3.8, 4) is 11.5 Å². The molecule has 0 spiro atoms. The van der Waals surface area contributed by atoms with Gasteiger partial charge in [-0.3, -0.25) is 0 Å². The summed E-state index contributed by atoms with van der Waals surface area (Å²) in [5.41, 5.74) is 2.15. The molecule has 3 aromatic rings.